The van der Waals surface area contributed by atoms with Crippen LogP contribution in [0.4, 0.5) is 4.39 Å². The predicted molar refractivity (Wildman–Crippen MR) is 119 cm³/mol. The lowest BCUT2D eigenvalue weighted by Crippen LogP contribution is -2.18. The van der Waals surface area contributed by atoms with E-state index in [2.05, 4.69) is 0 Å². The Bertz CT molecular complexity index is 1190. The number of aromatic nitrogens is 1. The maximum absolute atomic E-state index is 14.2. The van der Waals surface area contributed by atoms with Gasteiger partial charge in [0.15, 0.2) is 11.6 Å². The molecule has 1 unspecified atom stereocenters. The number of nitrogens with zero attached hydrogens (tertiary/aromatic N) is 1. The van der Waals surface area contributed by atoms with Gasteiger partial charge in [-0.3, -0.25) is 14.2 Å². The molecule has 0 saturated carbocycles. The predicted octanol–water partition coefficient (Wildman–Crippen LogP) is 6.39. The number of carboxylic acids is 1. The molecular formula is C23H22Cl2FNO4. The topological polar surface area (TPSA) is 79.5 Å². The number of hydrogen-bond acceptors (Lipinski definition) is 3. The molecule has 0 aliphatic rings. The molecule has 8 heteroatoms. The minimum absolute atomic E-state index is 0.110. The van der Waals surface area contributed by atoms with E-state index >= 15 is 0 Å². The summed E-state index contributed by atoms with van der Waals surface area (Å²) in [5, 5.41) is 20.7. The minimum Gasteiger partial charge on any atom is -0.505 e. The van der Waals surface area contributed by atoms with Gasteiger partial charge < -0.3 is 10.2 Å². The first-order valence-corrected chi connectivity index (χ1v) is 10.6. The quantitative estimate of drug-likeness (QED) is 0.441. The van der Waals surface area contributed by atoms with Gasteiger partial charge in [-0.05, 0) is 49.1 Å². The van der Waals surface area contributed by atoms with Crippen LogP contribution in [0.1, 0.15) is 54.2 Å². The van der Waals surface area contributed by atoms with Crippen molar-refractivity contribution in [3.8, 4) is 5.75 Å². The van der Waals surface area contributed by atoms with Gasteiger partial charge in [0.1, 0.15) is 0 Å². The van der Waals surface area contributed by atoms with Crippen LogP contribution in [-0.2, 0) is 4.79 Å². The average Bonchev–Trinajstić information content (AvgIpc) is 2.98. The number of aromatic hydroxyl groups is 1. The summed E-state index contributed by atoms with van der Waals surface area (Å²) in [5.41, 5.74) is 1.13. The summed E-state index contributed by atoms with van der Waals surface area (Å²) < 4.78 is 15.5. The second-order valence-electron chi connectivity index (χ2n) is 7.73. The molecule has 0 saturated heterocycles. The summed E-state index contributed by atoms with van der Waals surface area (Å²) in [4.78, 5) is 25.5. The van der Waals surface area contributed by atoms with Gasteiger partial charge in [-0.25, -0.2) is 4.39 Å². The Morgan fingerprint density at radius 1 is 1.16 bits per heavy atom. The lowest BCUT2D eigenvalue weighted by Gasteiger charge is -2.17. The van der Waals surface area contributed by atoms with Gasteiger partial charge in [0.25, 0.3) is 5.91 Å². The zero-order valence-electron chi connectivity index (χ0n) is 17.2. The SMILES string of the molecule is CCC(C)C[C@@H](C(=O)O)c1c(C)n(C(=O)c2ccc(Cl)c(Cl)c2)c2cc(F)c(O)cc12. The van der Waals surface area contributed by atoms with Crippen LogP contribution in [0.5, 0.6) is 5.75 Å². The molecular weight excluding hydrogens is 444 g/mol. The van der Waals surface area contributed by atoms with E-state index in [1.54, 1.807) is 6.92 Å². The molecule has 1 heterocycles. The molecule has 31 heavy (non-hydrogen) atoms. The number of benzene rings is 2. The first-order valence-electron chi connectivity index (χ1n) is 9.82. The van der Waals surface area contributed by atoms with Crippen molar-refractivity contribution >= 4 is 46.0 Å². The fraction of sp³-hybridized carbons (Fsp3) is 0.304. The van der Waals surface area contributed by atoms with Crippen molar-refractivity contribution in [1.29, 1.82) is 0 Å². The van der Waals surface area contributed by atoms with E-state index in [4.69, 9.17) is 23.2 Å². The van der Waals surface area contributed by atoms with Crippen LogP contribution in [-0.4, -0.2) is 26.7 Å². The van der Waals surface area contributed by atoms with Crippen molar-refractivity contribution in [2.75, 3.05) is 0 Å². The second kappa shape index (κ2) is 8.89. The Morgan fingerprint density at radius 2 is 1.84 bits per heavy atom. The number of halogens is 3. The Labute approximate surface area is 189 Å². The maximum atomic E-state index is 14.2. The number of carboxylic acid groups (broad SMARTS) is 1. The molecule has 0 aliphatic heterocycles. The highest BCUT2D eigenvalue weighted by atomic mass is 35.5. The van der Waals surface area contributed by atoms with Gasteiger partial charge in [-0.2, -0.15) is 0 Å². The van der Waals surface area contributed by atoms with Gasteiger partial charge in [0.2, 0.25) is 0 Å². The van der Waals surface area contributed by atoms with E-state index < -0.39 is 29.4 Å². The molecule has 3 aromatic rings. The molecule has 3 rings (SSSR count). The summed E-state index contributed by atoms with van der Waals surface area (Å²) in [7, 11) is 0. The summed E-state index contributed by atoms with van der Waals surface area (Å²) in [6, 6.07) is 6.60. The van der Waals surface area contributed by atoms with Crippen LogP contribution in [0, 0.1) is 18.7 Å². The molecule has 1 aromatic heterocycles. The lowest BCUT2D eigenvalue weighted by atomic mass is 9.87. The van der Waals surface area contributed by atoms with Gasteiger partial charge in [-0.1, -0.05) is 43.5 Å². The van der Waals surface area contributed by atoms with Crippen LogP contribution in [0.3, 0.4) is 0 Å². The van der Waals surface area contributed by atoms with Gasteiger partial charge in [0, 0.05) is 22.7 Å². The zero-order chi connectivity index (χ0) is 23.0. The number of aliphatic carboxylic acids is 1. The Kier molecular flexibility index (Phi) is 6.62. The summed E-state index contributed by atoms with van der Waals surface area (Å²) in [6.45, 7) is 5.53. The first kappa shape index (κ1) is 23.1. The summed E-state index contributed by atoms with van der Waals surface area (Å²) in [5.74, 6) is -3.89. The fourth-order valence-corrected chi connectivity index (χ4v) is 4.12. The maximum Gasteiger partial charge on any atom is 0.311 e. The molecule has 0 amide bonds. The van der Waals surface area contributed by atoms with Crippen LogP contribution in [0.15, 0.2) is 30.3 Å². The van der Waals surface area contributed by atoms with Crippen molar-refractivity contribution in [2.45, 2.75) is 39.5 Å². The minimum atomic E-state index is -1.05. The molecule has 2 atom stereocenters. The highest BCUT2D eigenvalue weighted by Gasteiger charge is 2.31. The van der Waals surface area contributed by atoms with Gasteiger partial charge in [-0.15, -0.1) is 0 Å². The van der Waals surface area contributed by atoms with Crippen LogP contribution in [0.2, 0.25) is 10.0 Å². The Hall–Kier alpha value is -2.57. The lowest BCUT2D eigenvalue weighted by molar-refractivity contribution is -0.139. The molecule has 2 N–H and O–H groups in total. The summed E-state index contributed by atoms with van der Waals surface area (Å²) >= 11 is 12.0. The fourth-order valence-electron chi connectivity index (χ4n) is 3.82. The highest BCUT2D eigenvalue weighted by Crippen LogP contribution is 2.39. The first-order chi connectivity index (χ1) is 14.6. The number of rotatable bonds is 6. The molecule has 0 spiro atoms. The standard InChI is InChI=1S/C23H22Cl2FNO4/c1-4-11(2)7-15(23(30)31)21-12(3)27(19-10-18(26)20(28)9-14(19)21)22(29)13-5-6-16(24)17(25)8-13/h5-6,8-11,15,28H,4,7H2,1-3H3,(H,30,31)/t11?,15-/m1/s1. The highest BCUT2D eigenvalue weighted by molar-refractivity contribution is 6.42. The smallest absolute Gasteiger partial charge is 0.311 e. The molecule has 0 aliphatic carbocycles. The van der Waals surface area contributed by atoms with Crippen molar-refractivity contribution < 1.29 is 24.2 Å². The number of fused-ring (bicyclic) bond motifs is 1. The number of phenolic OH excluding ortho intramolecular Hbond substituents is 1. The molecule has 2 aromatic carbocycles. The number of hydrogen-bond donors (Lipinski definition) is 2. The number of carbonyl (C=O) groups excluding carboxylic acids is 1. The molecule has 164 valence electrons. The van der Waals surface area contributed by atoms with E-state index in [1.165, 1.54) is 28.8 Å². The van der Waals surface area contributed by atoms with Gasteiger partial charge >= 0.3 is 5.97 Å². The van der Waals surface area contributed by atoms with E-state index in [1.807, 2.05) is 13.8 Å². The molecule has 5 nitrogen and oxygen atoms in total. The van der Waals surface area contributed by atoms with Crippen LogP contribution < -0.4 is 0 Å². The monoisotopic (exact) mass is 465 g/mol. The third kappa shape index (κ3) is 4.27. The van der Waals surface area contributed by atoms with Gasteiger partial charge in [0.05, 0.1) is 21.5 Å². The average molecular weight is 466 g/mol. The third-order valence-corrected chi connectivity index (χ3v) is 6.41. The molecule has 0 radical (unpaired) electrons. The zero-order valence-corrected chi connectivity index (χ0v) is 18.8. The van der Waals surface area contributed by atoms with Crippen molar-refractivity contribution in [3.63, 3.8) is 0 Å². The van der Waals surface area contributed by atoms with E-state index in [0.29, 0.717) is 23.1 Å². The normalized spacial score (nSPS) is 13.4. The van der Waals surface area contributed by atoms with Crippen LogP contribution in [0.25, 0.3) is 10.9 Å². The van der Waals surface area contributed by atoms with Crippen molar-refractivity contribution in [1.82, 2.24) is 4.57 Å². The molecule has 0 fully saturated rings. The molecule has 0 bridgehead atoms. The van der Waals surface area contributed by atoms with E-state index in [9.17, 15) is 24.2 Å². The number of phenols is 1. The summed E-state index contributed by atoms with van der Waals surface area (Å²) in [6.07, 6.45) is 1.12. The Balaban J connectivity index is 2.30. The van der Waals surface area contributed by atoms with Crippen molar-refractivity contribution in [3.05, 3.63) is 63.0 Å². The van der Waals surface area contributed by atoms with E-state index in [-0.39, 0.29) is 27.0 Å². The largest absolute Gasteiger partial charge is 0.505 e. The third-order valence-electron chi connectivity index (χ3n) is 5.67. The number of carbonyl (C=O) groups is 2. The Morgan fingerprint density at radius 3 is 2.42 bits per heavy atom. The van der Waals surface area contributed by atoms with E-state index in [0.717, 1.165) is 12.5 Å². The van der Waals surface area contributed by atoms with Crippen LogP contribution >= 0.6 is 23.2 Å². The van der Waals surface area contributed by atoms with Crippen molar-refractivity contribution in [2.24, 2.45) is 5.92 Å². The second-order valence-corrected chi connectivity index (χ2v) is 8.54.